The van der Waals surface area contributed by atoms with E-state index in [0.717, 1.165) is 11.1 Å². The first-order valence-corrected chi connectivity index (χ1v) is 9.21. The summed E-state index contributed by atoms with van der Waals surface area (Å²) in [5, 5.41) is 14.4. The lowest BCUT2D eigenvalue weighted by Crippen LogP contribution is -2.24. The number of ether oxygens (including phenoxy) is 1. The number of rotatable bonds is 5. The summed E-state index contributed by atoms with van der Waals surface area (Å²) in [6.45, 7) is 0. The SMILES string of the molecule is COc1cc(-c2ccccc2)ccc1C1=C(Nc2cccc(C#N)c2)C(=O)NC1=O. The van der Waals surface area contributed by atoms with Gasteiger partial charge in [0.2, 0.25) is 0 Å². The summed E-state index contributed by atoms with van der Waals surface area (Å²) in [6.07, 6.45) is 0. The van der Waals surface area contributed by atoms with Crippen molar-refractivity contribution in [2.24, 2.45) is 0 Å². The van der Waals surface area contributed by atoms with Gasteiger partial charge in [-0.1, -0.05) is 42.5 Å². The van der Waals surface area contributed by atoms with Crippen molar-refractivity contribution in [2.45, 2.75) is 0 Å². The third kappa shape index (κ3) is 3.52. The third-order valence-electron chi connectivity index (χ3n) is 4.77. The summed E-state index contributed by atoms with van der Waals surface area (Å²) >= 11 is 0. The van der Waals surface area contributed by atoms with Crippen molar-refractivity contribution >= 4 is 23.1 Å². The van der Waals surface area contributed by atoms with Gasteiger partial charge in [-0.2, -0.15) is 5.26 Å². The van der Waals surface area contributed by atoms with Crippen molar-refractivity contribution in [1.82, 2.24) is 5.32 Å². The zero-order valence-electron chi connectivity index (χ0n) is 16.1. The molecule has 0 aliphatic carbocycles. The number of hydrogen-bond acceptors (Lipinski definition) is 5. The maximum atomic E-state index is 12.6. The number of hydrogen-bond donors (Lipinski definition) is 2. The zero-order valence-corrected chi connectivity index (χ0v) is 16.1. The average Bonchev–Trinajstić information content (AvgIpc) is 3.06. The van der Waals surface area contributed by atoms with Crippen LogP contribution in [0.4, 0.5) is 5.69 Å². The lowest BCUT2D eigenvalue weighted by molar-refractivity contribution is -0.123. The molecule has 2 N–H and O–H groups in total. The van der Waals surface area contributed by atoms with Crippen molar-refractivity contribution in [3.63, 3.8) is 0 Å². The number of nitrogens with one attached hydrogen (secondary N) is 2. The number of anilines is 1. The van der Waals surface area contributed by atoms with E-state index in [1.54, 1.807) is 30.3 Å². The molecule has 0 unspecified atom stereocenters. The molecule has 6 nitrogen and oxygen atoms in total. The molecule has 1 heterocycles. The minimum atomic E-state index is -0.536. The van der Waals surface area contributed by atoms with E-state index in [1.165, 1.54) is 7.11 Å². The van der Waals surface area contributed by atoms with Crippen molar-refractivity contribution in [3.05, 3.63) is 89.6 Å². The molecule has 2 amide bonds. The van der Waals surface area contributed by atoms with Crippen LogP contribution in [0.5, 0.6) is 5.75 Å². The minimum Gasteiger partial charge on any atom is -0.496 e. The van der Waals surface area contributed by atoms with Crippen LogP contribution in [0.1, 0.15) is 11.1 Å². The molecule has 0 atom stereocenters. The molecule has 0 saturated carbocycles. The van der Waals surface area contributed by atoms with Crippen LogP contribution in [0.15, 0.2) is 78.5 Å². The predicted molar refractivity (Wildman–Crippen MR) is 113 cm³/mol. The van der Waals surface area contributed by atoms with Gasteiger partial charge in [-0.25, -0.2) is 0 Å². The maximum Gasteiger partial charge on any atom is 0.275 e. The van der Waals surface area contributed by atoms with E-state index in [2.05, 4.69) is 16.7 Å². The number of imide groups is 1. The zero-order chi connectivity index (χ0) is 21.1. The van der Waals surface area contributed by atoms with Crippen molar-refractivity contribution in [3.8, 4) is 22.9 Å². The monoisotopic (exact) mass is 395 g/mol. The van der Waals surface area contributed by atoms with E-state index in [0.29, 0.717) is 22.6 Å². The molecule has 3 aromatic rings. The number of benzene rings is 3. The Morgan fingerprint density at radius 1 is 0.900 bits per heavy atom. The highest BCUT2D eigenvalue weighted by atomic mass is 16.5. The van der Waals surface area contributed by atoms with E-state index in [9.17, 15) is 9.59 Å². The molecule has 4 rings (SSSR count). The molecule has 1 aliphatic heterocycles. The molecule has 0 spiro atoms. The first-order chi connectivity index (χ1) is 14.6. The fourth-order valence-electron chi connectivity index (χ4n) is 3.35. The van der Waals surface area contributed by atoms with Gasteiger partial charge in [0.15, 0.2) is 0 Å². The molecule has 0 radical (unpaired) electrons. The van der Waals surface area contributed by atoms with Gasteiger partial charge in [0.25, 0.3) is 11.8 Å². The Morgan fingerprint density at radius 2 is 1.70 bits per heavy atom. The number of amides is 2. The van der Waals surface area contributed by atoms with Crippen LogP contribution in [0, 0.1) is 11.3 Å². The predicted octanol–water partition coefficient (Wildman–Crippen LogP) is 3.71. The summed E-state index contributed by atoms with van der Waals surface area (Å²) in [4.78, 5) is 25.1. The van der Waals surface area contributed by atoms with E-state index in [1.807, 2.05) is 42.5 Å². The van der Waals surface area contributed by atoms with Gasteiger partial charge in [-0.05, 0) is 41.5 Å². The van der Waals surface area contributed by atoms with Crippen molar-refractivity contribution in [1.29, 1.82) is 5.26 Å². The Balaban J connectivity index is 1.80. The second-order valence-electron chi connectivity index (χ2n) is 6.63. The smallest absolute Gasteiger partial charge is 0.275 e. The summed E-state index contributed by atoms with van der Waals surface area (Å²) in [5.74, 6) is -0.572. The minimum absolute atomic E-state index is 0.112. The van der Waals surface area contributed by atoms with Crippen LogP contribution in [-0.2, 0) is 9.59 Å². The fourth-order valence-corrected chi connectivity index (χ4v) is 3.35. The highest BCUT2D eigenvalue weighted by Crippen LogP contribution is 2.35. The number of methoxy groups -OCH3 is 1. The molecule has 1 aliphatic rings. The second kappa shape index (κ2) is 7.94. The Hall–Kier alpha value is -4.37. The molecule has 6 heteroatoms. The van der Waals surface area contributed by atoms with Gasteiger partial charge in [0, 0.05) is 11.3 Å². The van der Waals surface area contributed by atoms with Crippen LogP contribution in [-0.4, -0.2) is 18.9 Å². The Morgan fingerprint density at radius 3 is 2.43 bits per heavy atom. The third-order valence-corrected chi connectivity index (χ3v) is 4.77. The normalized spacial score (nSPS) is 13.1. The van der Waals surface area contributed by atoms with E-state index < -0.39 is 11.8 Å². The van der Waals surface area contributed by atoms with Gasteiger partial charge >= 0.3 is 0 Å². The quantitative estimate of drug-likeness (QED) is 0.643. The van der Waals surface area contributed by atoms with Gasteiger partial charge in [-0.3, -0.25) is 14.9 Å². The molecule has 0 aromatic heterocycles. The van der Waals surface area contributed by atoms with E-state index in [-0.39, 0.29) is 11.3 Å². The van der Waals surface area contributed by atoms with Crippen LogP contribution in [0.25, 0.3) is 16.7 Å². The summed E-state index contributed by atoms with van der Waals surface area (Å²) in [7, 11) is 1.52. The second-order valence-corrected chi connectivity index (χ2v) is 6.63. The van der Waals surface area contributed by atoms with E-state index >= 15 is 0 Å². The Bertz CT molecular complexity index is 1220. The highest BCUT2D eigenvalue weighted by molar-refractivity contribution is 6.37. The average molecular weight is 395 g/mol. The first-order valence-electron chi connectivity index (χ1n) is 9.21. The molecule has 0 fully saturated rings. The lowest BCUT2D eigenvalue weighted by Gasteiger charge is -2.13. The largest absolute Gasteiger partial charge is 0.496 e. The van der Waals surface area contributed by atoms with Crippen LogP contribution in [0.3, 0.4) is 0 Å². The summed E-state index contributed by atoms with van der Waals surface area (Å²) < 4.78 is 5.54. The fraction of sp³-hybridized carbons (Fsp3) is 0.0417. The standard InChI is InChI=1S/C24H17N3O3/c1-30-20-13-17(16-7-3-2-4-8-16)10-11-19(20)21-22(24(29)27-23(21)28)26-18-9-5-6-15(12-18)14-25/h2-13H,1H3,(H2,26,27,28,29). The van der Waals surface area contributed by atoms with Gasteiger partial charge in [-0.15, -0.1) is 0 Å². The molecule has 3 aromatic carbocycles. The highest BCUT2D eigenvalue weighted by Gasteiger charge is 2.33. The first kappa shape index (κ1) is 19.0. The number of carbonyl (C=O) groups excluding carboxylic acids is 2. The Labute approximate surface area is 173 Å². The summed E-state index contributed by atoms with van der Waals surface area (Å²) in [6, 6.07) is 24.0. The van der Waals surface area contributed by atoms with Crippen LogP contribution in [0.2, 0.25) is 0 Å². The molecular weight excluding hydrogens is 378 g/mol. The molecular formula is C24H17N3O3. The van der Waals surface area contributed by atoms with Crippen molar-refractivity contribution < 1.29 is 14.3 Å². The Kier molecular flexibility index (Phi) is 5.02. The van der Waals surface area contributed by atoms with Gasteiger partial charge in [0.1, 0.15) is 11.4 Å². The molecule has 146 valence electrons. The number of nitrogens with zero attached hydrogens (tertiary/aromatic N) is 1. The van der Waals surface area contributed by atoms with Crippen LogP contribution < -0.4 is 15.4 Å². The van der Waals surface area contributed by atoms with E-state index in [4.69, 9.17) is 10.00 Å². The number of carbonyl (C=O) groups is 2. The molecule has 0 bridgehead atoms. The molecule has 30 heavy (non-hydrogen) atoms. The number of nitriles is 1. The van der Waals surface area contributed by atoms with Crippen molar-refractivity contribution in [2.75, 3.05) is 12.4 Å². The molecule has 0 saturated heterocycles. The van der Waals surface area contributed by atoms with Gasteiger partial charge < -0.3 is 10.1 Å². The topological polar surface area (TPSA) is 91.2 Å². The lowest BCUT2D eigenvalue weighted by atomic mass is 9.98. The maximum absolute atomic E-state index is 12.6. The van der Waals surface area contributed by atoms with Gasteiger partial charge in [0.05, 0.1) is 24.3 Å². The summed E-state index contributed by atoms with van der Waals surface area (Å²) in [5.41, 5.74) is 3.72. The van der Waals surface area contributed by atoms with Crippen LogP contribution >= 0.6 is 0 Å².